The van der Waals surface area contributed by atoms with E-state index in [0.29, 0.717) is 0 Å². The summed E-state index contributed by atoms with van der Waals surface area (Å²) >= 11 is 0. The second kappa shape index (κ2) is 12.7. The summed E-state index contributed by atoms with van der Waals surface area (Å²) in [5, 5.41) is 19.3. The number of phenols is 2. The molecule has 1 aliphatic rings. The van der Waals surface area contributed by atoms with Gasteiger partial charge in [-0.25, -0.2) is 9.98 Å². The maximum atomic E-state index is 9.65. The van der Waals surface area contributed by atoms with Crippen molar-refractivity contribution in [3.8, 4) is 11.5 Å². The molecule has 220 valence electrons. The molecule has 0 saturated carbocycles. The van der Waals surface area contributed by atoms with Crippen molar-refractivity contribution < 1.29 is 10.2 Å². The second-order valence-electron chi connectivity index (χ2n) is 10.8. The molecular weight excluding hydrogens is 568 g/mol. The average molecular weight is 597 g/mol. The van der Waals surface area contributed by atoms with E-state index in [2.05, 4.69) is 24.3 Å². The summed E-state index contributed by atoms with van der Waals surface area (Å²) in [6.07, 6.45) is 3.55. The maximum Gasteiger partial charge on any atom is 0.115 e. The van der Waals surface area contributed by atoms with Gasteiger partial charge in [0.2, 0.25) is 0 Å². The first-order valence-electron chi connectivity index (χ1n) is 14.8. The van der Waals surface area contributed by atoms with Crippen LogP contribution >= 0.6 is 0 Å². The van der Waals surface area contributed by atoms with Gasteiger partial charge in [-0.15, -0.1) is 0 Å². The number of aliphatic imine (C=N–C) groups is 4. The fraction of sp³-hybridized carbons (Fsp3) is 0. The van der Waals surface area contributed by atoms with Gasteiger partial charge >= 0.3 is 0 Å². The molecule has 0 fully saturated rings. The molecule has 0 amide bonds. The van der Waals surface area contributed by atoms with E-state index in [9.17, 15) is 10.2 Å². The third kappa shape index (κ3) is 6.27. The standard InChI is InChI=1S/C40H28N4O2/c45-33-17-11-27(12-18-33)25-41-31-15-21-37-35(23-31)39(29-7-3-1-4-8-29)43-38-22-16-32(42-26-28-13-19-34(46)20-14-28)24-36(38)40(44-37)30-9-5-2-6-10-30/h1-26,45-46H. The molecule has 0 aliphatic carbocycles. The van der Waals surface area contributed by atoms with Crippen LogP contribution in [0.3, 0.4) is 0 Å². The van der Waals surface area contributed by atoms with E-state index in [0.717, 1.165) is 67.6 Å². The molecule has 0 unspecified atom stereocenters. The quantitative estimate of drug-likeness (QED) is 0.187. The van der Waals surface area contributed by atoms with Gasteiger partial charge < -0.3 is 10.2 Å². The molecule has 0 atom stereocenters. The third-order valence-corrected chi connectivity index (χ3v) is 7.54. The number of fused-ring (bicyclic) bond motifs is 2. The van der Waals surface area contributed by atoms with Crippen molar-refractivity contribution in [2.45, 2.75) is 0 Å². The Morgan fingerprint density at radius 2 is 0.826 bits per heavy atom. The molecule has 0 saturated heterocycles. The van der Waals surface area contributed by atoms with E-state index in [1.54, 1.807) is 36.7 Å². The Hall–Kier alpha value is -6.40. The van der Waals surface area contributed by atoms with Crippen molar-refractivity contribution in [1.29, 1.82) is 0 Å². The predicted molar refractivity (Wildman–Crippen MR) is 187 cm³/mol. The van der Waals surface area contributed by atoms with Gasteiger partial charge in [-0.1, -0.05) is 60.7 Å². The first kappa shape index (κ1) is 28.4. The van der Waals surface area contributed by atoms with Gasteiger partial charge in [-0.05, 0) is 96.1 Å². The minimum absolute atomic E-state index is 0.214. The predicted octanol–water partition coefficient (Wildman–Crippen LogP) is 9.25. The van der Waals surface area contributed by atoms with Gasteiger partial charge in [0, 0.05) is 34.7 Å². The summed E-state index contributed by atoms with van der Waals surface area (Å²) in [6.45, 7) is 0. The van der Waals surface area contributed by atoms with Crippen molar-refractivity contribution in [2.75, 3.05) is 0 Å². The van der Waals surface area contributed by atoms with Crippen LogP contribution in [0.4, 0.5) is 22.7 Å². The van der Waals surface area contributed by atoms with Crippen LogP contribution in [0.1, 0.15) is 33.4 Å². The third-order valence-electron chi connectivity index (χ3n) is 7.54. The monoisotopic (exact) mass is 596 g/mol. The molecule has 6 aromatic rings. The molecule has 1 heterocycles. The van der Waals surface area contributed by atoms with E-state index in [4.69, 9.17) is 20.0 Å². The lowest BCUT2D eigenvalue weighted by Gasteiger charge is -2.19. The van der Waals surface area contributed by atoms with Gasteiger partial charge in [-0.3, -0.25) is 9.98 Å². The van der Waals surface area contributed by atoms with Crippen molar-refractivity contribution in [2.24, 2.45) is 20.0 Å². The number of hydrogen-bond donors (Lipinski definition) is 2. The summed E-state index contributed by atoms with van der Waals surface area (Å²) in [5.74, 6) is 0.427. The van der Waals surface area contributed by atoms with Crippen LogP contribution < -0.4 is 0 Å². The zero-order chi connectivity index (χ0) is 31.3. The van der Waals surface area contributed by atoms with E-state index in [-0.39, 0.29) is 11.5 Å². The smallest absolute Gasteiger partial charge is 0.115 e. The van der Waals surface area contributed by atoms with E-state index in [1.165, 1.54) is 0 Å². The normalized spacial score (nSPS) is 12.6. The highest BCUT2D eigenvalue weighted by molar-refractivity contribution is 6.23. The number of nitrogens with zero attached hydrogens (tertiary/aromatic N) is 4. The Kier molecular flexibility index (Phi) is 7.82. The lowest BCUT2D eigenvalue weighted by atomic mass is 9.95. The molecule has 0 radical (unpaired) electrons. The molecule has 46 heavy (non-hydrogen) atoms. The lowest BCUT2D eigenvalue weighted by Crippen LogP contribution is -2.10. The van der Waals surface area contributed by atoms with Crippen LogP contribution in [-0.2, 0) is 0 Å². The van der Waals surface area contributed by atoms with Crippen LogP contribution in [0.2, 0.25) is 0 Å². The topological polar surface area (TPSA) is 89.9 Å². The van der Waals surface area contributed by atoms with Crippen LogP contribution in [0.5, 0.6) is 11.5 Å². The number of aromatic hydroxyl groups is 2. The highest BCUT2D eigenvalue weighted by Crippen LogP contribution is 2.36. The molecule has 1 aliphatic heterocycles. The molecule has 6 heteroatoms. The molecule has 6 aromatic carbocycles. The maximum absolute atomic E-state index is 9.65. The molecule has 0 spiro atoms. The van der Waals surface area contributed by atoms with Crippen molar-refractivity contribution in [3.05, 3.63) is 179 Å². The van der Waals surface area contributed by atoms with Crippen LogP contribution in [0.25, 0.3) is 0 Å². The number of rotatable bonds is 6. The average Bonchev–Trinajstić information content (AvgIpc) is 3.10. The fourth-order valence-corrected chi connectivity index (χ4v) is 5.20. The number of hydrogen-bond acceptors (Lipinski definition) is 6. The van der Waals surface area contributed by atoms with Crippen molar-refractivity contribution >= 4 is 46.6 Å². The zero-order valence-electron chi connectivity index (χ0n) is 24.7. The highest BCUT2D eigenvalue weighted by Gasteiger charge is 2.21. The Labute approximate surface area is 266 Å². The molecule has 7 rings (SSSR count). The Bertz CT molecular complexity index is 1980. The zero-order valence-corrected chi connectivity index (χ0v) is 24.7. The van der Waals surface area contributed by atoms with Crippen molar-refractivity contribution in [3.63, 3.8) is 0 Å². The van der Waals surface area contributed by atoms with Crippen LogP contribution in [0, 0.1) is 0 Å². The summed E-state index contributed by atoms with van der Waals surface area (Å²) in [6, 6.07) is 45.9. The summed E-state index contributed by atoms with van der Waals surface area (Å²) in [5.41, 5.74) is 10.0. The fourth-order valence-electron chi connectivity index (χ4n) is 5.20. The minimum atomic E-state index is 0.214. The Morgan fingerprint density at radius 1 is 0.435 bits per heavy atom. The van der Waals surface area contributed by atoms with E-state index < -0.39 is 0 Å². The first-order valence-corrected chi connectivity index (χ1v) is 14.8. The lowest BCUT2D eigenvalue weighted by molar-refractivity contribution is 0.475. The van der Waals surface area contributed by atoms with Crippen molar-refractivity contribution in [1.82, 2.24) is 0 Å². The van der Waals surface area contributed by atoms with Crippen LogP contribution in [-0.4, -0.2) is 34.1 Å². The number of benzene rings is 6. The molecule has 0 bridgehead atoms. The minimum Gasteiger partial charge on any atom is -0.508 e. The van der Waals surface area contributed by atoms with Gasteiger partial charge in [0.25, 0.3) is 0 Å². The SMILES string of the molecule is Oc1ccc(C=Nc2ccc3c(c2)C(c2ccccc2)=Nc2ccc(N=Cc4ccc(O)cc4)cc2C(c2ccccc2)=N3)cc1. The van der Waals surface area contributed by atoms with Crippen LogP contribution in [0.15, 0.2) is 166 Å². The Morgan fingerprint density at radius 3 is 1.22 bits per heavy atom. The summed E-state index contributed by atoms with van der Waals surface area (Å²) in [7, 11) is 0. The second-order valence-corrected chi connectivity index (χ2v) is 10.8. The summed E-state index contributed by atoms with van der Waals surface area (Å²) in [4.78, 5) is 20.1. The molecule has 2 N–H and O–H groups in total. The number of phenolic OH excluding ortho intramolecular Hbond substituents is 2. The van der Waals surface area contributed by atoms with Gasteiger partial charge in [0.15, 0.2) is 0 Å². The molecule has 0 aromatic heterocycles. The molecule has 6 nitrogen and oxygen atoms in total. The largest absolute Gasteiger partial charge is 0.508 e. The van der Waals surface area contributed by atoms with E-state index >= 15 is 0 Å². The summed E-state index contributed by atoms with van der Waals surface area (Å²) < 4.78 is 0. The van der Waals surface area contributed by atoms with Gasteiger partial charge in [-0.2, -0.15) is 0 Å². The van der Waals surface area contributed by atoms with Gasteiger partial charge in [0.05, 0.1) is 34.2 Å². The molecular formula is C40H28N4O2. The first-order chi connectivity index (χ1) is 22.6. The van der Waals surface area contributed by atoms with E-state index in [1.807, 2.05) is 97.1 Å². The van der Waals surface area contributed by atoms with Gasteiger partial charge in [0.1, 0.15) is 11.5 Å². The highest BCUT2D eigenvalue weighted by atomic mass is 16.3. The Balaban J connectivity index is 1.39.